The quantitative estimate of drug-likeness (QED) is 0.862. The lowest BCUT2D eigenvalue weighted by Gasteiger charge is -2.38. The van der Waals surface area contributed by atoms with E-state index in [1.54, 1.807) is 24.3 Å². The first-order valence-electron chi connectivity index (χ1n) is 7.16. The van der Waals surface area contributed by atoms with Crippen LogP contribution in [0.3, 0.4) is 0 Å². The zero-order valence-electron chi connectivity index (χ0n) is 11.5. The summed E-state index contributed by atoms with van der Waals surface area (Å²) in [5, 5.41) is 12.1. The minimum absolute atomic E-state index is 0.0833. The standard InChI is InChI=1S/C16H19N3O/c17-10-12-3-1-4-13(9-12)14(20)19-16-6-2-5-15(18,11-16)7-8-16/h1,3-4,9H,2,5-8,11,18H2,(H,19,20)/t15-,16+/m0/s1. The summed E-state index contributed by atoms with van der Waals surface area (Å²) >= 11 is 0. The molecule has 1 amide bonds. The third-order valence-corrected chi connectivity index (χ3v) is 4.75. The Morgan fingerprint density at radius 1 is 1.30 bits per heavy atom. The van der Waals surface area contributed by atoms with Crippen LogP contribution in [-0.4, -0.2) is 17.0 Å². The summed E-state index contributed by atoms with van der Waals surface area (Å²) in [7, 11) is 0. The molecule has 1 aromatic rings. The lowest BCUT2D eigenvalue weighted by atomic mass is 9.79. The number of rotatable bonds is 2. The van der Waals surface area contributed by atoms with Crippen LogP contribution >= 0.6 is 0 Å². The molecule has 2 aliphatic rings. The molecule has 3 rings (SSSR count). The first-order valence-corrected chi connectivity index (χ1v) is 7.16. The van der Waals surface area contributed by atoms with Crippen LogP contribution in [0.2, 0.25) is 0 Å². The summed E-state index contributed by atoms with van der Waals surface area (Å²) < 4.78 is 0. The van der Waals surface area contributed by atoms with Crippen LogP contribution in [0.1, 0.15) is 54.4 Å². The number of nitriles is 1. The second kappa shape index (κ2) is 4.60. The second-order valence-corrected chi connectivity index (χ2v) is 6.32. The molecule has 104 valence electrons. The highest BCUT2D eigenvalue weighted by Gasteiger charge is 2.49. The van der Waals surface area contributed by atoms with Crippen molar-refractivity contribution in [3.8, 4) is 6.07 Å². The molecule has 2 bridgehead atoms. The molecular formula is C16H19N3O. The number of nitrogens with two attached hydrogens (primary N) is 1. The number of nitrogens with zero attached hydrogens (tertiary/aromatic N) is 1. The van der Waals surface area contributed by atoms with Gasteiger partial charge < -0.3 is 11.1 Å². The van der Waals surface area contributed by atoms with Crippen molar-refractivity contribution >= 4 is 5.91 Å². The molecule has 20 heavy (non-hydrogen) atoms. The smallest absolute Gasteiger partial charge is 0.251 e. The van der Waals surface area contributed by atoms with E-state index in [0.717, 1.165) is 38.5 Å². The van der Waals surface area contributed by atoms with E-state index < -0.39 is 0 Å². The molecule has 2 saturated carbocycles. The highest BCUT2D eigenvalue weighted by Crippen LogP contribution is 2.46. The SMILES string of the molecule is N#Cc1cccc(C(=O)N[C@]23CCC[C@](N)(CC2)C3)c1. The Kier molecular flexibility index (Phi) is 3.02. The molecule has 0 aromatic heterocycles. The first-order chi connectivity index (χ1) is 9.54. The van der Waals surface area contributed by atoms with Crippen LogP contribution in [0.15, 0.2) is 24.3 Å². The van der Waals surface area contributed by atoms with E-state index in [2.05, 4.69) is 11.4 Å². The number of hydrogen-bond acceptors (Lipinski definition) is 3. The Balaban J connectivity index is 1.78. The van der Waals surface area contributed by atoms with Gasteiger partial charge in [0.1, 0.15) is 0 Å². The van der Waals surface area contributed by atoms with Gasteiger partial charge >= 0.3 is 0 Å². The predicted octanol–water partition coefficient (Wildman–Crippen LogP) is 2.09. The molecule has 0 heterocycles. The lowest BCUT2D eigenvalue weighted by Crippen LogP contribution is -2.52. The average Bonchev–Trinajstić information content (AvgIpc) is 2.68. The van der Waals surface area contributed by atoms with Gasteiger partial charge in [-0.3, -0.25) is 4.79 Å². The zero-order chi connectivity index (χ0) is 14.2. The van der Waals surface area contributed by atoms with E-state index >= 15 is 0 Å². The number of fused-ring (bicyclic) bond motifs is 2. The van der Waals surface area contributed by atoms with E-state index in [1.807, 2.05) is 0 Å². The number of nitrogens with one attached hydrogen (secondary N) is 1. The number of carbonyl (C=O) groups is 1. The summed E-state index contributed by atoms with van der Waals surface area (Å²) in [5.41, 5.74) is 7.20. The normalized spacial score (nSPS) is 31.6. The van der Waals surface area contributed by atoms with Crippen LogP contribution < -0.4 is 11.1 Å². The largest absolute Gasteiger partial charge is 0.347 e. The molecule has 1 aromatic carbocycles. The maximum Gasteiger partial charge on any atom is 0.251 e. The van der Waals surface area contributed by atoms with Crippen LogP contribution in [0.25, 0.3) is 0 Å². The Bertz CT molecular complexity index is 592. The van der Waals surface area contributed by atoms with Crippen molar-refractivity contribution in [1.29, 1.82) is 5.26 Å². The number of benzene rings is 1. The molecule has 4 heteroatoms. The molecule has 0 aliphatic heterocycles. The van der Waals surface area contributed by atoms with E-state index in [1.165, 1.54) is 0 Å². The predicted molar refractivity (Wildman–Crippen MR) is 76.0 cm³/mol. The molecule has 2 aliphatic carbocycles. The van der Waals surface area contributed by atoms with Crippen LogP contribution in [0.5, 0.6) is 0 Å². The van der Waals surface area contributed by atoms with Crippen LogP contribution in [-0.2, 0) is 0 Å². The Labute approximate surface area is 119 Å². The minimum Gasteiger partial charge on any atom is -0.347 e. The van der Waals surface area contributed by atoms with Crippen molar-refractivity contribution in [2.24, 2.45) is 5.73 Å². The summed E-state index contributed by atoms with van der Waals surface area (Å²) in [5.74, 6) is -0.0896. The van der Waals surface area contributed by atoms with E-state index in [4.69, 9.17) is 11.0 Å². The van der Waals surface area contributed by atoms with E-state index in [0.29, 0.717) is 11.1 Å². The van der Waals surface area contributed by atoms with Gasteiger partial charge in [-0.1, -0.05) is 6.07 Å². The fourth-order valence-electron chi connectivity index (χ4n) is 3.76. The summed E-state index contributed by atoms with van der Waals surface area (Å²) in [6.07, 6.45) is 5.99. The zero-order valence-corrected chi connectivity index (χ0v) is 11.5. The maximum absolute atomic E-state index is 12.4. The number of carbonyl (C=O) groups excluding carboxylic acids is 1. The van der Waals surface area contributed by atoms with Crippen molar-refractivity contribution in [1.82, 2.24) is 5.32 Å². The maximum atomic E-state index is 12.4. The van der Waals surface area contributed by atoms with Gasteiger partial charge in [-0.25, -0.2) is 0 Å². The van der Waals surface area contributed by atoms with Gasteiger partial charge in [0.05, 0.1) is 11.6 Å². The van der Waals surface area contributed by atoms with Crippen LogP contribution in [0, 0.1) is 11.3 Å². The summed E-state index contributed by atoms with van der Waals surface area (Å²) in [6, 6.07) is 8.90. The molecule has 0 saturated heterocycles. The van der Waals surface area contributed by atoms with Gasteiger partial charge in [-0.2, -0.15) is 5.26 Å². The second-order valence-electron chi connectivity index (χ2n) is 6.32. The fourth-order valence-corrected chi connectivity index (χ4v) is 3.76. The van der Waals surface area contributed by atoms with E-state index in [9.17, 15) is 4.79 Å². The van der Waals surface area contributed by atoms with Gasteiger partial charge in [0.15, 0.2) is 0 Å². The molecule has 4 nitrogen and oxygen atoms in total. The topological polar surface area (TPSA) is 78.9 Å². The Morgan fingerprint density at radius 3 is 2.95 bits per heavy atom. The molecule has 0 spiro atoms. The molecule has 3 N–H and O–H groups in total. The van der Waals surface area contributed by atoms with Crippen molar-refractivity contribution in [2.75, 3.05) is 0 Å². The summed E-state index contributed by atoms with van der Waals surface area (Å²) in [4.78, 5) is 12.4. The van der Waals surface area contributed by atoms with E-state index in [-0.39, 0.29) is 17.0 Å². The van der Waals surface area contributed by atoms with Gasteiger partial charge in [0.2, 0.25) is 0 Å². The molecule has 0 unspecified atom stereocenters. The first kappa shape index (κ1) is 13.1. The third-order valence-electron chi connectivity index (χ3n) is 4.75. The number of hydrogen-bond donors (Lipinski definition) is 2. The fraction of sp³-hybridized carbons (Fsp3) is 0.500. The Morgan fingerprint density at radius 2 is 2.15 bits per heavy atom. The van der Waals surface area contributed by atoms with Gasteiger partial charge in [0.25, 0.3) is 5.91 Å². The number of amides is 1. The van der Waals surface area contributed by atoms with Crippen molar-refractivity contribution < 1.29 is 4.79 Å². The minimum atomic E-state index is -0.132. The monoisotopic (exact) mass is 269 g/mol. The Hall–Kier alpha value is -1.86. The van der Waals surface area contributed by atoms with Gasteiger partial charge in [-0.05, 0) is 56.7 Å². The molecular weight excluding hydrogens is 250 g/mol. The van der Waals surface area contributed by atoms with Crippen molar-refractivity contribution in [2.45, 2.75) is 49.6 Å². The average molecular weight is 269 g/mol. The molecule has 2 fully saturated rings. The highest BCUT2D eigenvalue weighted by atomic mass is 16.1. The van der Waals surface area contributed by atoms with Crippen molar-refractivity contribution in [3.05, 3.63) is 35.4 Å². The molecule has 2 atom stereocenters. The van der Waals surface area contributed by atoms with Gasteiger partial charge in [-0.15, -0.1) is 0 Å². The highest BCUT2D eigenvalue weighted by molar-refractivity contribution is 5.95. The van der Waals surface area contributed by atoms with Crippen molar-refractivity contribution in [3.63, 3.8) is 0 Å². The third kappa shape index (κ3) is 2.30. The van der Waals surface area contributed by atoms with Gasteiger partial charge in [0, 0.05) is 16.6 Å². The molecule has 0 radical (unpaired) electrons. The lowest BCUT2D eigenvalue weighted by molar-refractivity contribution is 0.0876. The summed E-state index contributed by atoms with van der Waals surface area (Å²) in [6.45, 7) is 0. The van der Waals surface area contributed by atoms with Crippen LogP contribution in [0.4, 0.5) is 0 Å².